The number of nitrogens with one attached hydrogen (secondary N) is 2. The number of hydrogen-bond donors (Lipinski definition) is 2. The molecular formula is C15H13ClN4OS. The van der Waals surface area contributed by atoms with Crippen LogP contribution in [0.1, 0.15) is 6.92 Å². The van der Waals surface area contributed by atoms with Gasteiger partial charge in [0.05, 0.1) is 21.3 Å². The molecule has 2 aromatic heterocycles. The summed E-state index contributed by atoms with van der Waals surface area (Å²) >= 11 is 7.13. The molecule has 0 aliphatic heterocycles. The molecule has 0 bridgehead atoms. The number of para-hydroxylation sites is 2. The highest BCUT2D eigenvalue weighted by Crippen LogP contribution is 2.24. The predicted molar refractivity (Wildman–Crippen MR) is 89.3 cm³/mol. The number of carbonyl (C=O) groups is 1. The number of nitrogens with zero attached hydrogens (tertiary/aromatic N) is 2. The van der Waals surface area contributed by atoms with Crippen molar-refractivity contribution in [3.8, 4) is 0 Å². The molecule has 2 N–H and O–H groups in total. The van der Waals surface area contributed by atoms with Crippen LogP contribution >= 0.6 is 23.4 Å². The smallest absolute Gasteiger partial charge is 0.238 e. The number of aromatic amines is 1. The number of imidazole rings is 1. The van der Waals surface area contributed by atoms with Gasteiger partial charge in [0.1, 0.15) is 5.82 Å². The standard InChI is InChI=1S/C15H13ClN4OS/c1-9(14(21)20-13-7-6-10(16)8-17-13)22-15-18-11-4-2-3-5-12(11)19-15/h2-9H,1H3,(H,18,19)(H,17,20,21)/t9-/m1/s1. The van der Waals surface area contributed by atoms with Crippen molar-refractivity contribution < 1.29 is 4.79 Å². The minimum absolute atomic E-state index is 0.139. The van der Waals surface area contributed by atoms with Crippen LogP contribution in [0.15, 0.2) is 47.8 Å². The van der Waals surface area contributed by atoms with Gasteiger partial charge >= 0.3 is 0 Å². The molecule has 5 nitrogen and oxygen atoms in total. The van der Waals surface area contributed by atoms with E-state index in [0.29, 0.717) is 16.0 Å². The molecule has 112 valence electrons. The van der Waals surface area contributed by atoms with E-state index in [2.05, 4.69) is 20.3 Å². The number of halogens is 1. The average molecular weight is 333 g/mol. The van der Waals surface area contributed by atoms with Crippen LogP contribution in [0.4, 0.5) is 5.82 Å². The van der Waals surface area contributed by atoms with Crippen LogP contribution in [-0.4, -0.2) is 26.1 Å². The Morgan fingerprint density at radius 2 is 2.14 bits per heavy atom. The average Bonchev–Trinajstić information content (AvgIpc) is 2.91. The zero-order valence-corrected chi connectivity index (χ0v) is 13.3. The third-order valence-electron chi connectivity index (χ3n) is 3.00. The fourth-order valence-corrected chi connectivity index (χ4v) is 2.82. The Kier molecular flexibility index (Phi) is 4.31. The van der Waals surface area contributed by atoms with Crippen LogP contribution in [0.25, 0.3) is 11.0 Å². The first kappa shape index (κ1) is 14.9. The van der Waals surface area contributed by atoms with Crippen LogP contribution in [-0.2, 0) is 4.79 Å². The van der Waals surface area contributed by atoms with E-state index < -0.39 is 0 Å². The van der Waals surface area contributed by atoms with Crippen LogP contribution in [0.3, 0.4) is 0 Å². The molecule has 22 heavy (non-hydrogen) atoms. The number of amides is 1. The van der Waals surface area contributed by atoms with Gasteiger partial charge in [-0.25, -0.2) is 9.97 Å². The number of H-pyrrole nitrogens is 1. The summed E-state index contributed by atoms with van der Waals surface area (Å²) in [7, 11) is 0. The number of fused-ring (bicyclic) bond motifs is 1. The lowest BCUT2D eigenvalue weighted by atomic mass is 10.3. The van der Waals surface area contributed by atoms with Gasteiger partial charge in [-0.05, 0) is 31.2 Å². The van der Waals surface area contributed by atoms with Crippen molar-refractivity contribution >= 4 is 46.1 Å². The molecule has 0 spiro atoms. The van der Waals surface area contributed by atoms with Crippen LogP contribution < -0.4 is 5.32 Å². The summed E-state index contributed by atoms with van der Waals surface area (Å²) in [6, 6.07) is 11.1. The van der Waals surface area contributed by atoms with E-state index in [9.17, 15) is 4.79 Å². The number of hydrogen-bond acceptors (Lipinski definition) is 4. The monoisotopic (exact) mass is 332 g/mol. The van der Waals surface area contributed by atoms with Gasteiger partial charge in [0, 0.05) is 6.20 Å². The van der Waals surface area contributed by atoms with E-state index in [4.69, 9.17) is 11.6 Å². The van der Waals surface area contributed by atoms with Crippen molar-refractivity contribution in [1.29, 1.82) is 0 Å². The van der Waals surface area contributed by atoms with Gasteiger partial charge in [-0.3, -0.25) is 4.79 Å². The van der Waals surface area contributed by atoms with Crippen molar-refractivity contribution in [1.82, 2.24) is 15.0 Å². The summed E-state index contributed by atoms with van der Waals surface area (Å²) in [5.74, 6) is 0.340. The van der Waals surface area contributed by atoms with Crippen molar-refractivity contribution in [2.24, 2.45) is 0 Å². The summed E-state index contributed by atoms with van der Waals surface area (Å²) in [6.45, 7) is 1.82. The van der Waals surface area contributed by atoms with E-state index in [1.165, 1.54) is 18.0 Å². The molecular weight excluding hydrogens is 320 g/mol. The van der Waals surface area contributed by atoms with Crippen molar-refractivity contribution in [3.05, 3.63) is 47.6 Å². The van der Waals surface area contributed by atoms with Gasteiger partial charge in [0.15, 0.2) is 5.16 Å². The highest BCUT2D eigenvalue weighted by atomic mass is 35.5. The quantitative estimate of drug-likeness (QED) is 0.714. The van der Waals surface area contributed by atoms with E-state index in [-0.39, 0.29) is 11.2 Å². The third kappa shape index (κ3) is 3.40. The fraction of sp³-hybridized carbons (Fsp3) is 0.133. The highest BCUT2D eigenvalue weighted by molar-refractivity contribution is 8.00. The number of thioether (sulfide) groups is 1. The van der Waals surface area contributed by atoms with E-state index >= 15 is 0 Å². The lowest BCUT2D eigenvalue weighted by Gasteiger charge is -2.09. The summed E-state index contributed by atoms with van der Waals surface area (Å²) in [5.41, 5.74) is 1.84. The van der Waals surface area contributed by atoms with Gasteiger partial charge in [-0.2, -0.15) is 0 Å². The highest BCUT2D eigenvalue weighted by Gasteiger charge is 2.17. The molecule has 0 saturated carbocycles. The van der Waals surface area contributed by atoms with Crippen molar-refractivity contribution in [2.45, 2.75) is 17.3 Å². The number of aromatic nitrogens is 3. The van der Waals surface area contributed by atoms with Crippen molar-refractivity contribution in [2.75, 3.05) is 5.32 Å². The molecule has 2 heterocycles. The Labute approximate surface area is 136 Å². The Hall–Kier alpha value is -2.05. The first-order valence-corrected chi connectivity index (χ1v) is 7.91. The molecule has 0 radical (unpaired) electrons. The Balaban J connectivity index is 1.66. The molecule has 1 atom stereocenters. The molecule has 3 rings (SSSR count). The third-order valence-corrected chi connectivity index (χ3v) is 4.21. The first-order valence-electron chi connectivity index (χ1n) is 6.65. The normalized spacial score (nSPS) is 12.3. The summed E-state index contributed by atoms with van der Waals surface area (Å²) in [6.07, 6.45) is 1.49. The maximum absolute atomic E-state index is 12.2. The lowest BCUT2D eigenvalue weighted by Crippen LogP contribution is -2.23. The fourth-order valence-electron chi connectivity index (χ4n) is 1.88. The molecule has 0 aliphatic carbocycles. The zero-order valence-electron chi connectivity index (χ0n) is 11.7. The molecule has 1 amide bonds. The number of rotatable bonds is 4. The molecule has 0 saturated heterocycles. The molecule has 0 fully saturated rings. The first-order chi connectivity index (χ1) is 10.6. The predicted octanol–water partition coefficient (Wildman–Crippen LogP) is 3.73. The molecule has 3 aromatic rings. The van der Waals surface area contributed by atoms with Crippen LogP contribution in [0.2, 0.25) is 5.02 Å². The lowest BCUT2D eigenvalue weighted by molar-refractivity contribution is -0.115. The minimum atomic E-state index is -0.307. The summed E-state index contributed by atoms with van der Waals surface area (Å²) < 4.78 is 0. The molecule has 0 unspecified atom stereocenters. The van der Waals surface area contributed by atoms with Gasteiger partial charge in [-0.1, -0.05) is 35.5 Å². The summed E-state index contributed by atoms with van der Waals surface area (Å²) in [5, 5.41) is 3.69. The van der Waals surface area contributed by atoms with Gasteiger partial charge in [0.25, 0.3) is 0 Å². The van der Waals surface area contributed by atoms with Crippen molar-refractivity contribution in [3.63, 3.8) is 0 Å². The van der Waals surface area contributed by atoms with E-state index in [1.54, 1.807) is 12.1 Å². The number of carbonyl (C=O) groups excluding carboxylic acids is 1. The molecule has 7 heteroatoms. The second kappa shape index (κ2) is 6.37. The Bertz CT molecular complexity index is 770. The largest absolute Gasteiger partial charge is 0.333 e. The van der Waals surface area contributed by atoms with Crippen LogP contribution in [0.5, 0.6) is 0 Å². The topological polar surface area (TPSA) is 70.7 Å². The van der Waals surface area contributed by atoms with Crippen LogP contribution in [0, 0.1) is 0 Å². The second-order valence-electron chi connectivity index (χ2n) is 4.67. The van der Waals surface area contributed by atoms with E-state index in [0.717, 1.165) is 11.0 Å². The maximum atomic E-state index is 12.2. The van der Waals surface area contributed by atoms with E-state index in [1.807, 2.05) is 31.2 Å². The second-order valence-corrected chi connectivity index (χ2v) is 6.44. The van der Waals surface area contributed by atoms with Gasteiger partial charge in [-0.15, -0.1) is 0 Å². The number of benzene rings is 1. The minimum Gasteiger partial charge on any atom is -0.333 e. The molecule has 1 aromatic carbocycles. The number of anilines is 1. The Morgan fingerprint density at radius 3 is 2.86 bits per heavy atom. The Morgan fingerprint density at radius 1 is 1.32 bits per heavy atom. The van der Waals surface area contributed by atoms with Gasteiger partial charge in [0.2, 0.25) is 5.91 Å². The summed E-state index contributed by atoms with van der Waals surface area (Å²) in [4.78, 5) is 23.9. The van der Waals surface area contributed by atoms with Gasteiger partial charge < -0.3 is 10.3 Å². The molecule has 0 aliphatic rings. The SMILES string of the molecule is C[C@@H](Sc1nc2ccccc2[nH]1)C(=O)Nc1ccc(Cl)cn1. The number of pyridine rings is 1. The zero-order chi connectivity index (χ0) is 15.5. The maximum Gasteiger partial charge on any atom is 0.238 e.